The Morgan fingerprint density at radius 3 is 2.76 bits per heavy atom. The molecule has 0 radical (unpaired) electrons. The van der Waals surface area contributed by atoms with Crippen molar-refractivity contribution in [1.82, 2.24) is 5.32 Å². The summed E-state index contributed by atoms with van der Waals surface area (Å²) in [6.45, 7) is 3.12. The van der Waals surface area contributed by atoms with E-state index in [0.717, 1.165) is 23.1 Å². The van der Waals surface area contributed by atoms with E-state index < -0.39 is 35.8 Å². The molecule has 4 nitrogen and oxygen atoms in total. The van der Waals surface area contributed by atoms with Crippen molar-refractivity contribution in [1.29, 1.82) is 0 Å². The number of carboxylic acids is 1. The number of rotatable bonds is 9. The highest BCUT2D eigenvalue weighted by Gasteiger charge is 2.07. The standard InChI is InChI=1S/C25H27NO3/c1-18-6-2-11-22(14-18)24(27)17-26-13-5-8-19-7-3-9-20(15-19)21-10-4-12-23(16-21)25(28)29/h2-4,6-7,9-12,14-16,24,26-27H,5,8,13,17H2,1H3,(H,28,29)/t24-/m0/s1/i4D,10D,12D,16D. The maximum atomic E-state index is 11.5. The highest BCUT2D eigenvalue weighted by molar-refractivity contribution is 5.89. The van der Waals surface area contributed by atoms with E-state index in [1.807, 2.05) is 37.3 Å². The largest absolute Gasteiger partial charge is 0.478 e. The molecule has 0 aliphatic rings. The van der Waals surface area contributed by atoms with E-state index in [1.54, 1.807) is 18.2 Å². The van der Waals surface area contributed by atoms with E-state index in [4.69, 9.17) is 5.48 Å². The van der Waals surface area contributed by atoms with Gasteiger partial charge in [0.05, 0.1) is 17.2 Å². The highest BCUT2D eigenvalue weighted by atomic mass is 16.4. The van der Waals surface area contributed by atoms with Crippen LogP contribution in [0, 0.1) is 6.92 Å². The third kappa shape index (κ3) is 6.01. The lowest BCUT2D eigenvalue weighted by Gasteiger charge is -2.13. The molecule has 0 saturated carbocycles. The van der Waals surface area contributed by atoms with Crippen molar-refractivity contribution < 1.29 is 20.5 Å². The summed E-state index contributed by atoms with van der Waals surface area (Å²) in [5, 5.41) is 22.9. The zero-order valence-electron chi connectivity index (χ0n) is 20.3. The second-order valence-corrected chi connectivity index (χ2v) is 6.99. The quantitative estimate of drug-likeness (QED) is 0.464. The van der Waals surface area contributed by atoms with Crippen LogP contribution in [0.2, 0.25) is 0 Å². The average Bonchev–Trinajstić information content (AvgIpc) is 2.77. The number of aromatic carboxylic acids is 1. The molecule has 150 valence electrons. The van der Waals surface area contributed by atoms with Crippen molar-refractivity contribution in [2.24, 2.45) is 0 Å². The third-order valence-corrected chi connectivity index (χ3v) is 4.64. The smallest absolute Gasteiger partial charge is 0.335 e. The van der Waals surface area contributed by atoms with Gasteiger partial charge in [0.1, 0.15) is 0 Å². The molecule has 0 heterocycles. The monoisotopic (exact) mass is 393 g/mol. The normalized spacial score (nSPS) is 13.9. The maximum absolute atomic E-state index is 11.5. The van der Waals surface area contributed by atoms with Gasteiger partial charge >= 0.3 is 5.97 Å². The van der Waals surface area contributed by atoms with Crippen molar-refractivity contribution in [3.8, 4) is 11.1 Å². The van der Waals surface area contributed by atoms with Gasteiger partial charge in [0.2, 0.25) is 0 Å². The van der Waals surface area contributed by atoms with Crippen molar-refractivity contribution in [2.75, 3.05) is 13.1 Å². The van der Waals surface area contributed by atoms with E-state index in [-0.39, 0.29) is 11.6 Å². The Morgan fingerprint density at radius 1 is 1.14 bits per heavy atom. The minimum atomic E-state index is -1.45. The Balaban J connectivity index is 1.66. The summed E-state index contributed by atoms with van der Waals surface area (Å²) < 4.78 is 32.2. The van der Waals surface area contributed by atoms with Crippen molar-refractivity contribution in [2.45, 2.75) is 25.9 Å². The minimum absolute atomic E-state index is 0.0506. The lowest BCUT2D eigenvalue weighted by atomic mass is 9.99. The Hall–Kier alpha value is -2.95. The van der Waals surface area contributed by atoms with E-state index in [9.17, 15) is 15.0 Å². The van der Waals surface area contributed by atoms with Gasteiger partial charge in [0, 0.05) is 6.54 Å². The van der Waals surface area contributed by atoms with E-state index >= 15 is 0 Å². The van der Waals surface area contributed by atoms with E-state index in [2.05, 4.69) is 5.32 Å². The molecule has 0 saturated heterocycles. The van der Waals surface area contributed by atoms with Gasteiger partial charge in [-0.15, -0.1) is 0 Å². The van der Waals surface area contributed by atoms with Crippen LogP contribution < -0.4 is 5.32 Å². The Labute approximate surface area is 177 Å². The Bertz CT molecular complexity index is 1170. The summed E-state index contributed by atoms with van der Waals surface area (Å²) in [7, 11) is 0. The minimum Gasteiger partial charge on any atom is -0.478 e. The van der Waals surface area contributed by atoms with Crippen LogP contribution >= 0.6 is 0 Å². The predicted octanol–water partition coefficient (Wildman–Crippen LogP) is 4.62. The molecule has 0 aromatic heterocycles. The first kappa shape index (κ1) is 15.9. The number of hydrogen-bond donors (Lipinski definition) is 3. The van der Waals surface area contributed by atoms with Crippen molar-refractivity contribution in [3.63, 3.8) is 0 Å². The zero-order chi connectivity index (χ0) is 24.1. The second kappa shape index (κ2) is 10.0. The number of carboxylic acid groups (broad SMARTS) is 1. The van der Waals surface area contributed by atoms with Gasteiger partial charge in [-0.2, -0.15) is 0 Å². The van der Waals surface area contributed by atoms with Crippen molar-refractivity contribution >= 4 is 5.97 Å². The first-order valence-electron chi connectivity index (χ1n) is 11.6. The molecule has 1 atom stereocenters. The fourth-order valence-electron chi connectivity index (χ4n) is 3.13. The summed E-state index contributed by atoms with van der Waals surface area (Å²) in [6.07, 6.45) is 0.918. The zero-order valence-corrected chi connectivity index (χ0v) is 16.3. The van der Waals surface area contributed by atoms with Gasteiger partial charge in [-0.25, -0.2) is 4.79 Å². The summed E-state index contributed by atoms with van der Waals surface area (Å²) in [4.78, 5) is 11.5. The molecular formula is C25H27NO3. The van der Waals surface area contributed by atoms with Gasteiger partial charge in [-0.3, -0.25) is 0 Å². The fraction of sp³-hybridized carbons (Fsp3) is 0.240. The van der Waals surface area contributed by atoms with Gasteiger partial charge in [0.15, 0.2) is 0 Å². The molecule has 29 heavy (non-hydrogen) atoms. The lowest BCUT2D eigenvalue weighted by molar-refractivity contribution is 0.0697. The van der Waals surface area contributed by atoms with Crippen LogP contribution in [0.3, 0.4) is 0 Å². The molecule has 0 amide bonds. The van der Waals surface area contributed by atoms with Crippen LogP contribution in [0.5, 0.6) is 0 Å². The molecule has 3 rings (SSSR count). The highest BCUT2D eigenvalue weighted by Crippen LogP contribution is 2.22. The molecule has 0 aliphatic heterocycles. The molecule has 0 fully saturated rings. The van der Waals surface area contributed by atoms with Crippen LogP contribution in [-0.4, -0.2) is 29.3 Å². The van der Waals surface area contributed by atoms with Gasteiger partial charge in [0.25, 0.3) is 0 Å². The fourth-order valence-corrected chi connectivity index (χ4v) is 3.13. The van der Waals surface area contributed by atoms with Crippen LogP contribution in [0.15, 0.2) is 72.7 Å². The van der Waals surface area contributed by atoms with Crippen molar-refractivity contribution in [3.05, 3.63) is 95.0 Å². The Kier molecular flexibility index (Phi) is 5.49. The predicted molar refractivity (Wildman–Crippen MR) is 116 cm³/mol. The summed E-state index contributed by atoms with van der Waals surface area (Å²) in [6, 6.07) is 13.1. The maximum Gasteiger partial charge on any atom is 0.335 e. The van der Waals surface area contributed by atoms with Gasteiger partial charge in [-0.1, -0.05) is 66.2 Å². The number of aryl methyl sites for hydroxylation is 2. The molecule has 4 heteroatoms. The second-order valence-electron chi connectivity index (χ2n) is 6.99. The van der Waals surface area contributed by atoms with E-state index in [0.29, 0.717) is 25.1 Å². The number of nitrogens with one attached hydrogen (secondary N) is 1. The molecule has 0 aliphatic carbocycles. The first-order valence-corrected chi connectivity index (χ1v) is 9.59. The molecular weight excluding hydrogens is 362 g/mol. The van der Waals surface area contributed by atoms with Gasteiger partial charge < -0.3 is 15.5 Å². The summed E-state index contributed by atoms with van der Waals surface area (Å²) >= 11 is 0. The number of aliphatic hydroxyl groups excluding tert-OH is 1. The first-order chi connectivity index (χ1) is 15.7. The Morgan fingerprint density at radius 2 is 1.97 bits per heavy atom. The topological polar surface area (TPSA) is 69.6 Å². The third-order valence-electron chi connectivity index (χ3n) is 4.64. The summed E-state index contributed by atoms with van der Waals surface area (Å²) in [5.41, 5.74) is 2.90. The number of aliphatic hydroxyl groups is 1. The molecule has 3 N–H and O–H groups in total. The van der Waals surface area contributed by atoms with Crippen LogP contribution in [0.4, 0.5) is 0 Å². The van der Waals surface area contributed by atoms with E-state index in [1.165, 1.54) is 0 Å². The SMILES string of the molecule is [2H]c1c([2H])c(C(=O)O)c([2H])c(-c2cccc(CCCNC[C@H](O)c3cccc(C)c3)c2)c1[2H]. The average molecular weight is 394 g/mol. The van der Waals surface area contributed by atoms with Gasteiger partial charge in [-0.05, 0) is 60.6 Å². The number of benzene rings is 3. The van der Waals surface area contributed by atoms with Crippen LogP contribution in [0.1, 0.15) is 45.1 Å². The van der Waals surface area contributed by atoms with Crippen LogP contribution in [0.25, 0.3) is 11.1 Å². The summed E-state index contributed by atoms with van der Waals surface area (Å²) in [5.74, 6) is -1.45. The number of carbonyl (C=O) groups is 1. The number of hydrogen-bond acceptors (Lipinski definition) is 3. The molecule has 0 bridgehead atoms. The molecule has 0 unspecified atom stereocenters. The molecule has 0 spiro atoms. The molecule has 3 aromatic rings. The molecule has 3 aromatic carbocycles. The lowest BCUT2D eigenvalue weighted by Crippen LogP contribution is -2.22. The van der Waals surface area contributed by atoms with Crippen LogP contribution in [-0.2, 0) is 6.42 Å².